The standard InChI is InChI=1S/C13H16N3.2BrH/c14-7-3-9-16-10-5-12(6-11-16)13-4-1-2-8-15-13;;/h1-2,4-6,8,10-11H,3,7,9,14H2;2*1H/q+1;;/p-1. The molecular weight excluding hydrogens is 358 g/mol. The van der Waals surface area contributed by atoms with Gasteiger partial charge in [0.15, 0.2) is 18.9 Å². The minimum Gasteiger partial charge on any atom is -1.00 e. The van der Waals surface area contributed by atoms with E-state index in [0.717, 1.165) is 30.8 Å². The Labute approximate surface area is 129 Å². The smallest absolute Gasteiger partial charge is 0.169 e. The number of halogens is 2. The van der Waals surface area contributed by atoms with Crippen molar-refractivity contribution in [2.75, 3.05) is 6.54 Å². The lowest BCUT2D eigenvalue weighted by atomic mass is 10.2. The molecule has 2 heterocycles. The van der Waals surface area contributed by atoms with Gasteiger partial charge in [0, 0.05) is 23.9 Å². The van der Waals surface area contributed by atoms with Crippen molar-refractivity contribution in [3.8, 4) is 11.3 Å². The monoisotopic (exact) mass is 373 g/mol. The Morgan fingerprint density at radius 3 is 2.33 bits per heavy atom. The molecule has 0 bridgehead atoms. The van der Waals surface area contributed by atoms with Gasteiger partial charge in [-0.1, -0.05) is 6.07 Å². The minimum atomic E-state index is 0. The molecule has 0 aromatic carbocycles. The number of aryl methyl sites for hydroxylation is 1. The van der Waals surface area contributed by atoms with Crippen molar-refractivity contribution in [1.29, 1.82) is 0 Å². The van der Waals surface area contributed by atoms with E-state index in [0.29, 0.717) is 0 Å². The van der Waals surface area contributed by atoms with Gasteiger partial charge >= 0.3 is 0 Å². The van der Waals surface area contributed by atoms with Crippen LogP contribution in [0.4, 0.5) is 0 Å². The van der Waals surface area contributed by atoms with Gasteiger partial charge in [0.05, 0.1) is 18.7 Å². The zero-order valence-electron chi connectivity index (χ0n) is 10.1. The second kappa shape index (κ2) is 9.19. The quantitative estimate of drug-likeness (QED) is 0.534. The predicted octanol–water partition coefficient (Wildman–Crippen LogP) is -5.32. The lowest BCUT2D eigenvalue weighted by Gasteiger charge is -1.99. The fraction of sp³-hybridized carbons (Fsp3) is 0.231. The topological polar surface area (TPSA) is 44.4 Å². The van der Waals surface area contributed by atoms with E-state index in [9.17, 15) is 0 Å². The van der Waals surface area contributed by atoms with Gasteiger partial charge in [0.1, 0.15) is 0 Å². The van der Waals surface area contributed by atoms with Gasteiger partial charge in [-0.25, -0.2) is 4.57 Å². The predicted molar refractivity (Wildman–Crippen MR) is 62.2 cm³/mol. The molecule has 5 heteroatoms. The molecule has 2 aromatic heterocycles. The maximum atomic E-state index is 4.32. The van der Waals surface area contributed by atoms with Crippen LogP contribution >= 0.6 is 0 Å². The number of hydrogen-bond acceptors (Lipinski definition) is 1. The van der Waals surface area contributed by atoms with Crippen LogP contribution in [0.25, 0.3) is 11.3 Å². The molecule has 0 aliphatic rings. The maximum Gasteiger partial charge on any atom is 0.169 e. The van der Waals surface area contributed by atoms with Crippen LogP contribution < -0.4 is 44.3 Å². The number of hydrogen-bond donors (Lipinski definition) is 1. The van der Waals surface area contributed by atoms with Crippen LogP contribution in [-0.4, -0.2) is 11.5 Å². The van der Waals surface area contributed by atoms with E-state index in [-0.39, 0.29) is 34.0 Å². The van der Waals surface area contributed by atoms with Crippen LogP contribution in [0.5, 0.6) is 0 Å². The zero-order chi connectivity index (χ0) is 11.2. The molecule has 98 valence electrons. The molecule has 0 spiro atoms. The van der Waals surface area contributed by atoms with Crippen LogP contribution in [0.15, 0.2) is 48.9 Å². The van der Waals surface area contributed by atoms with Crippen molar-refractivity contribution in [2.24, 2.45) is 0 Å². The Bertz CT molecular complexity index is 432. The lowest BCUT2D eigenvalue weighted by molar-refractivity contribution is -0.699. The molecule has 0 radical (unpaired) electrons. The van der Waals surface area contributed by atoms with Crippen molar-refractivity contribution < 1.29 is 44.3 Å². The van der Waals surface area contributed by atoms with Crippen LogP contribution in [0.1, 0.15) is 6.42 Å². The fourth-order valence-corrected chi connectivity index (χ4v) is 1.61. The maximum absolute atomic E-state index is 4.32. The third-order valence-electron chi connectivity index (χ3n) is 2.52. The third kappa shape index (κ3) is 4.84. The summed E-state index contributed by atoms with van der Waals surface area (Å²) in [6.07, 6.45) is 7.13. The van der Waals surface area contributed by atoms with E-state index in [1.165, 1.54) is 0 Å². The first-order chi connectivity index (χ1) is 7.90. The molecule has 0 saturated heterocycles. The number of rotatable bonds is 4. The number of nitrogens with zero attached hydrogens (tertiary/aromatic N) is 2. The van der Waals surface area contributed by atoms with Crippen LogP contribution in [0.3, 0.4) is 0 Å². The number of aromatic nitrogens is 2. The van der Waals surface area contributed by atoms with Gasteiger partial charge < -0.3 is 39.7 Å². The van der Waals surface area contributed by atoms with Gasteiger partial charge in [-0.2, -0.15) is 0 Å². The van der Waals surface area contributed by atoms with Gasteiger partial charge in [-0.3, -0.25) is 4.98 Å². The van der Waals surface area contributed by atoms with Crippen molar-refractivity contribution in [3.05, 3.63) is 48.9 Å². The SMILES string of the molecule is [Br-].[Br-].[NH3+]CCC[n+]1ccc(-c2ccccn2)cc1. The highest BCUT2D eigenvalue weighted by Gasteiger charge is 2.02. The summed E-state index contributed by atoms with van der Waals surface area (Å²) in [5, 5.41) is 0. The second-order valence-electron chi connectivity index (χ2n) is 3.75. The first-order valence-corrected chi connectivity index (χ1v) is 5.60. The molecule has 0 amide bonds. The molecule has 0 atom stereocenters. The molecule has 0 saturated carbocycles. The first-order valence-electron chi connectivity index (χ1n) is 5.60. The molecule has 3 N–H and O–H groups in total. The first kappa shape index (κ1) is 17.2. The average Bonchev–Trinajstić information content (AvgIpc) is 2.38. The van der Waals surface area contributed by atoms with E-state index in [1.807, 2.05) is 24.4 Å². The summed E-state index contributed by atoms with van der Waals surface area (Å²) in [5.41, 5.74) is 6.02. The minimum absolute atomic E-state index is 0. The Balaban J connectivity index is 0.00000144. The highest BCUT2D eigenvalue weighted by Crippen LogP contribution is 2.13. The normalized spacial score (nSPS) is 9.17. The number of pyridine rings is 2. The van der Waals surface area contributed by atoms with Gasteiger partial charge in [0.2, 0.25) is 0 Å². The highest BCUT2D eigenvalue weighted by molar-refractivity contribution is 5.56. The van der Waals surface area contributed by atoms with Crippen molar-refractivity contribution in [3.63, 3.8) is 0 Å². The zero-order valence-corrected chi connectivity index (χ0v) is 13.3. The van der Waals surface area contributed by atoms with E-state index in [2.05, 4.69) is 39.8 Å². The molecule has 3 nitrogen and oxygen atoms in total. The Hall–Kier alpha value is -0.780. The molecule has 0 aliphatic heterocycles. The van der Waals surface area contributed by atoms with E-state index in [4.69, 9.17) is 0 Å². The van der Waals surface area contributed by atoms with Crippen molar-refractivity contribution >= 4 is 0 Å². The van der Waals surface area contributed by atoms with Crippen LogP contribution in [0.2, 0.25) is 0 Å². The summed E-state index contributed by atoms with van der Waals surface area (Å²) in [6.45, 7) is 2.01. The second-order valence-corrected chi connectivity index (χ2v) is 3.75. The summed E-state index contributed by atoms with van der Waals surface area (Å²) in [4.78, 5) is 4.32. The lowest BCUT2D eigenvalue weighted by Crippen LogP contribution is -3.00. The molecule has 18 heavy (non-hydrogen) atoms. The fourth-order valence-electron chi connectivity index (χ4n) is 1.61. The summed E-state index contributed by atoms with van der Waals surface area (Å²) in [6, 6.07) is 10.2. The molecule has 0 aliphatic carbocycles. The highest BCUT2D eigenvalue weighted by atomic mass is 79.9. The van der Waals surface area contributed by atoms with E-state index < -0.39 is 0 Å². The van der Waals surface area contributed by atoms with Crippen LogP contribution in [-0.2, 0) is 6.54 Å². The van der Waals surface area contributed by atoms with Gasteiger partial charge in [-0.15, -0.1) is 0 Å². The molecule has 0 unspecified atom stereocenters. The third-order valence-corrected chi connectivity index (χ3v) is 2.52. The summed E-state index contributed by atoms with van der Waals surface area (Å²) < 4.78 is 2.18. The Morgan fingerprint density at radius 2 is 1.78 bits per heavy atom. The largest absolute Gasteiger partial charge is 1.00 e. The van der Waals surface area contributed by atoms with E-state index in [1.54, 1.807) is 0 Å². The van der Waals surface area contributed by atoms with Crippen LogP contribution in [0, 0.1) is 0 Å². The average molecular weight is 375 g/mol. The summed E-state index contributed by atoms with van der Waals surface area (Å²) in [7, 11) is 0. The molecular formula is C13H17Br2N3. The van der Waals surface area contributed by atoms with Gasteiger partial charge in [-0.05, 0) is 12.1 Å². The Kier molecular flexibility index (Phi) is 8.79. The molecule has 0 fully saturated rings. The number of quaternary nitrogens is 1. The molecule has 2 rings (SSSR count). The van der Waals surface area contributed by atoms with Gasteiger partial charge in [0.25, 0.3) is 0 Å². The van der Waals surface area contributed by atoms with E-state index >= 15 is 0 Å². The summed E-state index contributed by atoms with van der Waals surface area (Å²) in [5.74, 6) is 0. The van der Waals surface area contributed by atoms with Crippen molar-refractivity contribution in [1.82, 2.24) is 4.98 Å². The summed E-state index contributed by atoms with van der Waals surface area (Å²) >= 11 is 0. The van der Waals surface area contributed by atoms with Crippen molar-refractivity contribution in [2.45, 2.75) is 13.0 Å². The Morgan fingerprint density at radius 1 is 1.06 bits per heavy atom. The molecule has 2 aromatic rings.